The molecule has 0 atom stereocenters. The summed E-state index contributed by atoms with van der Waals surface area (Å²) in [5.74, 6) is -0.215. The molecule has 1 N–H and O–H groups in total. The SMILES string of the molecule is CCN(c1ccccc1)c1ccc(NC)cc1F. The Morgan fingerprint density at radius 2 is 1.83 bits per heavy atom. The molecule has 0 amide bonds. The van der Waals surface area contributed by atoms with Gasteiger partial charge in [-0.15, -0.1) is 0 Å². The van der Waals surface area contributed by atoms with E-state index in [2.05, 4.69) is 5.32 Å². The maximum atomic E-state index is 14.1. The molecule has 2 nitrogen and oxygen atoms in total. The van der Waals surface area contributed by atoms with Crippen molar-refractivity contribution in [2.45, 2.75) is 6.92 Å². The van der Waals surface area contributed by atoms with E-state index < -0.39 is 0 Å². The third-order valence-electron chi connectivity index (χ3n) is 2.91. The lowest BCUT2D eigenvalue weighted by atomic mass is 10.2. The van der Waals surface area contributed by atoms with Gasteiger partial charge in [-0.2, -0.15) is 0 Å². The van der Waals surface area contributed by atoms with Crippen LogP contribution in [0, 0.1) is 5.82 Å². The van der Waals surface area contributed by atoms with Crippen LogP contribution in [0.15, 0.2) is 48.5 Å². The predicted octanol–water partition coefficient (Wildman–Crippen LogP) is 4.03. The molecular weight excluding hydrogens is 227 g/mol. The molecule has 0 saturated carbocycles. The van der Waals surface area contributed by atoms with E-state index in [0.29, 0.717) is 5.69 Å². The van der Waals surface area contributed by atoms with E-state index in [1.54, 1.807) is 13.1 Å². The van der Waals surface area contributed by atoms with Crippen molar-refractivity contribution in [2.75, 3.05) is 23.8 Å². The fourth-order valence-electron chi connectivity index (χ4n) is 1.98. The first-order chi connectivity index (χ1) is 8.76. The highest BCUT2D eigenvalue weighted by atomic mass is 19.1. The molecule has 0 saturated heterocycles. The van der Waals surface area contributed by atoms with Crippen molar-refractivity contribution in [1.82, 2.24) is 0 Å². The second-order valence-electron chi connectivity index (χ2n) is 4.00. The van der Waals surface area contributed by atoms with Gasteiger partial charge in [0.2, 0.25) is 0 Å². The van der Waals surface area contributed by atoms with Crippen LogP contribution in [0.5, 0.6) is 0 Å². The van der Waals surface area contributed by atoms with E-state index in [1.807, 2.05) is 48.2 Å². The van der Waals surface area contributed by atoms with Crippen LogP contribution in [-0.4, -0.2) is 13.6 Å². The summed E-state index contributed by atoms with van der Waals surface area (Å²) >= 11 is 0. The van der Waals surface area contributed by atoms with Gasteiger partial charge >= 0.3 is 0 Å². The number of nitrogens with one attached hydrogen (secondary N) is 1. The summed E-state index contributed by atoms with van der Waals surface area (Å²) in [7, 11) is 1.78. The number of para-hydroxylation sites is 1. The monoisotopic (exact) mass is 244 g/mol. The summed E-state index contributed by atoms with van der Waals surface area (Å²) in [4.78, 5) is 1.95. The van der Waals surface area contributed by atoms with E-state index in [1.165, 1.54) is 6.07 Å². The molecule has 0 fully saturated rings. The van der Waals surface area contributed by atoms with Gasteiger partial charge in [0.25, 0.3) is 0 Å². The van der Waals surface area contributed by atoms with Gasteiger partial charge in [-0.1, -0.05) is 18.2 Å². The highest BCUT2D eigenvalue weighted by molar-refractivity contribution is 5.66. The number of benzene rings is 2. The summed E-state index contributed by atoms with van der Waals surface area (Å²) in [6, 6.07) is 15.0. The molecule has 3 heteroatoms. The Kier molecular flexibility index (Phi) is 3.82. The van der Waals surface area contributed by atoms with Crippen molar-refractivity contribution in [2.24, 2.45) is 0 Å². The van der Waals surface area contributed by atoms with Gasteiger partial charge in [0.15, 0.2) is 0 Å². The highest BCUT2D eigenvalue weighted by Crippen LogP contribution is 2.28. The van der Waals surface area contributed by atoms with Gasteiger partial charge in [-0.05, 0) is 37.3 Å². The average molecular weight is 244 g/mol. The molecule has 2 aromatic rings. The van der Waals surface area contributed by atoms with Crippen LogP contribution in [-0.2, 0) is 0 Å². The Morgan fingerprint density at radius 3 is 2.39 bits per heavy atom. The van der Waals surface area contributed by atoms with E-state index in [-0.39, 0.29) is 5.82 Å². The third kappa shape index (κ3) is 2.45. The largest absolute Gasteiger partial charge is 0.388 e. The Balaban J connectivity index is 2.39. The van der Waals surface area contributed by atoms with Gasteiger partial charge in [0.1, 0.15) is 5.82 Å². The standard InChI is InChI=1S/C15H17FN2/c1-3-18(13-7-5-4-6-8-13)15-10-9-12(17-2)11-14(15)16/h4-11,17H,3H2,1-2H3. The van der Waals surface area contributed by atoms with Gasteiger partial charge in [0.05, 0.1) is 5.69 Å². The minimum Gasteiger partial charge on any atom is -0.388 e. The quantitative estimate of drug-likeness (QED) is 0.873. The summed E-state index contributed by atoms with van der Waals surface area (Å²) in [6.07, 6.45) is 0. The summed E-state index contributed by atoms with van der Waals surface area (Å²) in [5, 5.41) is 2.93. The van der Waals surface area contributed by atoms with Gasteiger partial charge < -0.3 is 10.2 Å². The predicted molar refractivity (Wildman–Crippen MR) is 75.1 cm³/mol. The molecule has 0 heterocycles. The summed E-state index contributed by atoms with van der Waals surface area (Å²) < 4.78 is 14.1. The average Bonchev–Trinajstić information content (AvgIpc) is 2.42. The molecule has 0 aromatic heterocycles. The number of hydrogen-bond acceptors (Lipinski definition) is 2. The minimum absolute atomic E-state index is 0.215. The van der Waals surface area contributed by atoms with Crippen LogP contribution in [0.3, 0.4) is 0 Å². The van der Waals surface area contributed by atoms with Crippen molar-refractivity contribution in [3.8, 4) is 0 Å². The van der Waals surface area contributed by atoms with Crippen molar-refractivity contribution < 1.29 is 4.39 Å². The molecule has 0 bridgehead atoms. The van der Waals surface area contributed by atoms with Crippen LogP contribution < -0.4 is 10.2 Å². The molecule has 0 radical (unpaired) electrons. The van der Waals surface area contributed by atoms with Crippen LogP contribution >= 0.6 is 0 Å². The zero-order valence-corrected chi connectivity index (χ0v) is 10.7. The molecule has 0 aliphatic rings. The van der Waals surface area contributed by atoms with Crippen molar-refractivity contribution in [3.05, 3.63) is 54.3 Å². The first-order valence-corrected chi connectivity index (χ1v) is 6.06. The molecule has 0 spiro atoms. The molecule has 0 unspecified atom stereocenters. The Labute approximate surface area is 107 Å². The smallest absolute Gasteiger partial charge is 0.148 e. The zero-order chi connectivity index (χ0) is 13.0. The lowest BCUT2D eigenvalue weighted by molar-refractivity contribution is 0.626. The number of halogens is 1. The lowest BCUT2D eigenvalue weighted by Gasteiger charge is -2.24. The van der Waals surface area contributed by atoms with Crippen molar-refractivity contribution in [1.29, 1.82) is 0 Å². The van der Waals surface area contributed by atoms with Crippen LogP contribution in [0.1, 0.15) is 6.92 Å². The van der Waals surface area contributed by atoms with Gasteiger partial charge in [0, 0.05) is 25.0 Å². The van der Waals surface area contributed by atoms with Crippen LogP contribution in [0.25, 0.3) is 0 Å². The second-order valence-corrected chi connectivity index (χ2v) is 4.00. The highest BCUT2D eigenvalue weighted by Gasteiger charge is 2.11. The topological polar surface area (TPSA) is 15.3 Å². The Hall–Kier alpha value is -2.03. The Bertz CT molecular complexity index is 511. The number of hydrogen-bond donors (Lipinski definition) is 1. The number of nitrogens with zero attached hydrogens (tertiary/aromatic N) is 1. The zero-order valence-electron chi connectivity index (χ0n) is 10.7. The minimum atomic E-state index is -0.215. The van der Waals surface area contributed by atoms with E-state index in [0.717, 1.165) is 17.9 Å². The van der Waals surface area contributed by atoms with E-state index >= 15 is 0 Å². The van der Waals surface area contributed by atoms with E-state index in [9.17, 15) is 4.39 Å². The normalized spacial score (nSPS) is 10.2. The molecule has 2 aromatic carbocycles. The molecule has 0 aliphatic heterocycles. The number of anilines is 3. The Morgan fingerprint density at radius 1 is 1.11 bits per heavy atom. The fraction of sp³-hybridized carbons (Fsp3) is 0.200. The van der Waals surface area contributed by atoms with E-state index in [4.69, 9.17) is 0 Å². The molecule has 2 rings (SSSR count). The fourth-order valence-corrected chi connectivity index (χ4v) is 1.98. The summed E-state index contributed by atoms with van der Waals surface area (Å²) in [6.45, 7) is 2.73. The third-order valence-corrected chi connectivity index (χ3v) is 2.91. The molecular formula is C15H17FN2. The summed E-state index contributed by atoms with van der Waals surface area (Å²) in [5.41, 5.74) is 2.37. The second kappa shape index (κ2) is 5.54. The van der Waals surface area contributed by atoms with Crippen molar-refractivity contribution in [3.63, 3.8) is 0 Å². The molecule has 0 aliphatic carbocycles. The maximum Gasteiger partial charge on any atom is 0.148 e. The number of rotatable bonds is 4. The maximum absolute atomic E-state index is 14.1. The molecule has 18 heavy (non-hydrogen) atoms. The first-order valence-electron chi connectivity index (χ1n) is 6.06. The van der Waals surface area contributed by atoms with Gasteiger partial charge in [-0.3, -0.25) is 0 Å². The first kappa shape index (κ1) is 12.4. The van der Waals surface area contributed by atoms with Crippen LogP contribution in [0.4, 0.5) is 21.5 Å². The molecule has 94 valence electrons. The van der Waals surface area contributed by atoms with Gasteiger partial charge in [-0.25, -0.2) is 4.39 Å². The van der Waals surface area contributed by atoms with Crippen LogP contribution in [0.2, 0.25) is 0 Å². The lowest BCUT2D eigenvalue weighted by Crippen LogP contribution is -2.17. The van der Waals surface area contributed by atoms with Crippen molar-refractivity contribution >= 4 is 17.1 Å².